The highest BCUT2D eigenvalue weighted by Crippen LogP contribution is 2.21. The fourth-order valence-corrected chi connectivity index (χ4v) is 3.02. The van der Waals surface area contributed by atoms with Gasteiger partial charge in [0, 0.05) is 31.8 Å². The van der Waals surface area contributed by atoms with Crippen LogP contribution in [0.4, 0.5) is 4.79 Å². The summed E-state index contributed by atoms with van der Waals surface area (Å²) in [5.41, 5.74) is 1.74. The molecule has 2 aromatic rings. The minimum atomic E-state index is -0.936. The molecule has 166 valence electrons. The van der Waals surface area contributed by atoms with Gasteiger partial charge in [0.1, 0.15) is 0 Å². The third-order valence-electron chi connectivity index (χ3n) is 4.68. The van der Waals surface area contributed by atoms with Crippen molar-refractivity contribution in [2.75, 3.05) is 6.54 Å². The van der Waals surface area contributed by atoms with E-state index in [1.807, 2.05) is 50.2 Å². The van der Waals surface area contributed by atoms with E-state index in [0.29, 0.717) is 12.3 Å². The van der Waals surface area contributed by atoms with E-state index in [9.17, 15) is 19.6 Å². The number of hydrogen-bond donors (Lipinski definition) is 3. The van der Waals surface area contributed by atoms with Crippen LogP contribution in [0.5, 0.6) is 0 Å². The van der Waals surface area contributed by atoms with Crippen LogP contribution < -0.4 is 10.6 Å². The van der Waals surface area contributed by atoms with Crippen molar-refractivity contribution in [2.45, 2.75) is 45.6 Å². The molecule has 0 spiro atoms. The molecule has 3 N–H and O–H groups in total. The second kappa shape index (κ2) is 12.4. The molecule has 1 heterocycles. The van der Waals surface area contributed by atoms with E-state index < -0.39 is 11.9 Å². The molecule has 0 radical (unpaired) electrons. The molecule has 1 aromatic heterocycles. The predicted molar refractivity (Wildman–Crippen MR) is 116 cm³/mol. The first-order valence-corrected chi connectivity index (χ1v) is 10.4. The van der Waals surface area contributed by atoms with Crippen LogP contribution in [-0.4, -0.2) is 39.6 Å². The van der Waals surface area contributed by atoms with Crippen molar-refractivity contribution >= 4 is 17.8 Å². The minimum absolute atomic E-state index is 0.00921. The van der Waals surface area contributed by atoms with Gasteiger partial charge in [0.15, 0.2) is 0 Å². The molecule has 0 saturated carbocycles. The molecule has 0 bridgehead atoms. The number of rotatable bonds is 10. The second-order valence-electron chi connectivity index (χ2n) is 7.67. The maximum absolute atomic E-state index is 12.5. The lowest BCUT2D eigenvalue weighted by atomic mass is 10.00. The second-order valence-corrected chi connectivity index (χ2v) is 7.67. The smallest absolute Gasteiger partial charge is 0.345 e. The van der Waals surface area contributed by atoms with Gasteiger partial charge in [0.2, 0.25) is 5.91 Å². The number of hydroxylamine groups is 2. The quantitative estimate of drug-likeness (QED) is 0.398. The summed E-state index contributed by atoms with van der Waals surface area (Å²) in [7, 11) is 0. The van der Waals surface area contributed by atoms with E-state index in [2.05, 4.69) is 15.6 Å². The molecule has 8 heteroatoms. The van der Waals surface area contributed by atoms with Crippen LogP contribution >= 0.6 is 0 Å². The van der Waals surface area contributed by atoms with Gasteiger partial charge in [-0.15, -0.1) is 5.06 Å². The lowest BCUT2D eigenvalue weighted by Gasteiger charge is -2.20. The Morgan fingerprint density at radius 1 is 1.03 bits per heavy atom. The van der Waals surface area contributed by atoms with E-state index in [1.54, 1.807) is 18.5 Å². The average molecular weight is 427 g/mol. The first-order chi connectivity index (χ1) is 14.9. The molecule has 0 fully saturated rings. The molecule has 0 unspecified atom stereocenters. The zero-order chi connectivity index (χ0) is 22.6. The van der Waals surface area contributed by atoms with Crippen molar-refractivity contribution in [3.63, 3.8) is 0 Å². The van der Waals surface area contributed by atoms with Crippen molar-refractivity contribution < 1.29 is 19.6 Å². The number of imide groups is 1. The standard InChI is InChI=1S/C23H30N4O4/c1-17(2)8-6-12-21(29)27(31)23(30)25-15-13-20(28)26-22(18-9-4-3-5-10-18)19-11-7-14-24-16-19/h3-5,7,9-11,14,16-17,22,31H,6,8,12-13,15H2,1-2H3,(H,25,30)(H,26,28)/t22-/m0/s1. The largest absolute Gasteiger partial charge is 0.348 e. The van der Waals surface area contributed by atoms with Gasteiger partial charge >= 0.3 is 6.03 Å². The summed E-state index contributed by atoms with van der Waals surface area (Å²) in [4.78, 5) is 40.4. The topological polar surface area (TPSA) is 112 Å². The molecule has 4 amide bonds. The number of benzene rings is 1. The summed E-state index contributed by atoms with van der Waals surface area (Å²) in [6.07, 6.45) is 4.86. The number of aromatic nitrogens is 1. The zero-order valence-corrected chi connectivity index (χ0v) is 18.0. The number of nitrogens with zero attached hydrogens (tertiary/aromatic N) is 2. The van der Waals surface area contributed by atoms with Crippen LogP contribution in [0.2, 0.25) is 0 Å². The van der Waals surface area contributed by atoms with Crippen LogP contribution in [0.15, 0.2) is 54.9 Å². The molecule has 0 aliphatic rings. The summed E-state index contributed by atoms with van der Waals surface area (Å²) in [6.45, 7) is 4.06. The number of nitrogens with one attached hydrogen (secondary N) is 2. The first kappa shape index (κ1) is 24.0. The molecule has 0 aliphatic heterocycles. The Balaban J connectivity index is 1.84. The van der Waals surface area contributed by atoms with Crippen LogP contribution in [-0.2, 0) is 9.59 Å². The lowest BCUT2D eigenvalue weighted by Crippen LogP contribution is -2.43. The van der Waals surface area contributed by atoms with Crippen molar-refractivity contribution in [3.8, 4) is 0 Å². The normalized spacial score (nSPS) is 11.6. The fourth-order valence-electron chi connectivity index (χ4n) is 3.02. The van der Waals surface area contributed by atoms with Gasteiger partial charge in [-0.3, -0.25) is 19.8 Å². The molecule has 1 atom stereocenters. The maximum atomic E-state index is 12.5. The highest BCUT2D eigenvalue weighted by Gasteiger charge is 2.20. The molecule has 1 aromatic carbocycles. The Labute approximate surface area is 182 Å². The molecule has 31 heavy (non-hydrogen) atoms. The van der Waals surface area contributed by atoms with Gasteiger partial charge in [-0.1, -0.05) is 56.7 Å². The molecule has 8 nitrogen and oxygen atoms in total. The van der Waals surface area contributed by atoms with Crippen LogP contribution in [0, 0.1) is 5.92 Å². The highest BCUT2D eigenvalue weighted by molar-refractivity contribution is 5.92. The Morgan fingerprint density at radius 3 is 2.39 bits per heavy atom. The van der Waals surface area contributed by atoms with Crippen molar-refractivity contribution in [1.82, 2.24) is 20.7 Å². The first-order valence-electron chi connectivity index (χ1n) is 10.4. The number of pyridine rings is 1. The number of urea groups is 1. The third-order valence-corrected chi connectivity index (χ3v) is 4.68. The average Bonchev–Trinajstić information content (AvgIpc) is 2.77. The summed E-state index contributed by atoms with van der Waals surface area (Å²) in [6, 6.07) is 11.9. The highest BCUT2D eigenvalue weighted by atomic mass is 16.5. The number of hydrogen-bond acceptors (Lipinski definition) is 5. The van der Waals surface area contributed by atoms with Crippen LogP contribution in [0.25, 0.3) is 0 Å². The van der Waals surface area contributed by atoms with Gasteiger partial charge in [-0.2, -0.15) is 0 Å². The van der Waals surface area contributed by atoms with E-state index in [1.165, 1.54) is 0 Å². The SMILES string of the molecule is CC(C)CCCC(=O)N(O)C(=O)NCCC(=O)N[C@@H](c1ccccc1)c1cccnc1. The summed E-state index contributed by atoms with van der Waals surface area (Å²) in [5.74, 6) is -0.507. The van der Waals surface area contributed by atoms with E-state index in [-0.39, 0.29) is 36.4 Å². The van der Waals surface area contributed by atoms with Gasteiger partial charge in [0.25, 0.3) is 5.91 Å². The lowest BCUT2D eigenvalue weighted by molar-refractivity contribution is -0.152. The Kier molecular flexibility index (Phi) is 9.64. The Hall–Kier alpha value is -3.26. The van der Waals surface area contributed by atoms with E-state index in [0.717, 1.165) is 17.5 Å². The van der Waals surface area contributed by atoms with Gasteiger partial charge in [0.05, 0.1) is 6.04 Å². The number of carbonyl (C=O) groups is 3. The molecule has 0 saturated heterocycles. The van der Waals surface area contributed by atoms with Crippen molar-refractivity contribution in [3.05, 3.63) is 66.0 Å². The predicted octanol–water partition coefficient (Wildman–Crippen LogP) is 3.43. The third kappa shape index (κ3) is 8.18. The fraction of sp³-hybridized carbons (Fsp3) is 0.391. The summed E-state index contributed by atoms with van der Waals surface area (Å²) in [5, 5.41) is 15.1. The van der Waals surface area contributed by atoms with Gasteiger partial charge in [-0.25, -0.2) is 4.79 Å². The number of amides is 4. The Morgan fingerprint density at radius 2 is 1.74 bits per heavy atom. The maximum Gasteiger partial charge on any atom is 0.348 e. The van der Waals surface area contributed by atoms with Gasteiger partial charge < -0.3 is 10.6 Å². The number of carbonyl (C=O) groups excluding carboxylic acids is 3. The summed E-state index contributed by atoms with van der Waals surface area (Å²) >= 11 is 0. The molecular formula is C23H30N4O4. The van der Waals surface area contributed by atoms with E-state index in [4.69, 9.17) is 0 Å². The van der Waals surface area contributed by atoms with Crippen molar-refractivity contribution in [1.29, 1.82) is 0 Å². The van der Waals surface area contributed by atoms with E-state index >= 15 is 0 Å². The van der Waals surface area contributed by atoms with Crippen LogP contribution in [0.1, 0.15) is 56.7 Å². The zero-order valence-electron chi connectivity index (χ0n) is 18.0. The molecular weight excluding hydrogens is 396 g/mol. The molecule has 2 rings (SSSR count). The Bertz CT molecular complexity index is 804. The van der Waals surface area contributed by atoms with Gasteiger partial charge in [-0.05, 0) is 29.5 Å². The van der Waals surface area contributed by atoms with Crippen molar-refractivity contribution in [2.24, 2.45) is 5.92 Å². The minimum Gasteiger partial charge on any atom is -0.345 e. The molecule has 0 aliphatic carbocycles. The van der Waals surface area contributed by atoms with Crippen LogP contribution in [0.3, 0.4) is 0 Å². The monoisotopic (exact) mass is 426 g/mol. The summed E-state index contributed by atoms with van der Waals surface area (Å²) < 4.78 is 0.